The monoisotopic (exact) mass is 299 g/mol. The summed E-state index contributed by atoms with van der Waals surface area (Å²) in [5.74, 6) is 0.337. The number of cyclic esters (lactones) is 1. The first-order valence-corrected chi connectivity index (χ1v) is 8.18. The summed E-state index contributed by atoms with van der Waals surface area (Å²) in [6, 6.07) is 8.29. The molecule has 1 amide bonds. The van der Waals surface area contributed by atoms with Crippen molar-refractivity contribution >= 4 is 11.9 Å². The predicted octanol–water partition coefficient (Wildman–Crippen LogP) is 2.41. The lowest BCUT2D eigenvalue weighted by Gasteiger charge is -2.31. The Labute approximate surface area is 130 Å². The third-order valence-corrected chi connectivity index (χ3v) is 5.58. The molecule has 1 spiro atoms. The maximum absolute atomic E-state index is 12.9. The summed E-state index contributed by atoms with van der Waals surface area (Å²) in [4.78, 5) is 26.9. The molecule has 2 aliphatic heterocycles. The molecule has 3 atom stereocenters. The molecule has 1 aromatic rings. The van der Waals surface area contributed by atoms with E-state index in [-0.39, 0.29) is 17.8 Å². The molecule has 1 saturated carbocycles. The minimum Gasteiger partial charge on any atom is -0.464 e. The molecule has 4 heteroatoms. The predicted molar refractivity (Wildman–Crippen MR) is 81.3 cm³/mol. The van der Waals surface area contributed by atoms with E-state index < -0.39 is 5.54 Å². The van der Waals surface area contributed by atoms with Crippen molar-refractivity contribution < 1.29 is 14.3 Å². The largest absolute Gasteiger partial charge is 0.464 e. The highest BCUT2D eigenvalue weighted by molar-refractivity contribution is 5.92. The van der Waals surface area contributed by atoms with Crippen LogP contribution in [0.5, 0.6) is 0 Å². The zero-order valence-electron chi connectivity index (χ0n) is 12.9. The van der Waals surface area contributed by atoms with Crippen molar-refractivity contribution in [3.8, 4) is 0 Å². The second-order valence-corrected chi connectivity index (χ2v) is 6.82. The van der Waals surface area contributed by atoms with Gasteiger partial charge in [-0.25, -0.2) is 4.79 Å². The summed E-state index contributed by atoms with van der Waals surface area (Å²) in [6.07, 6.45) is 3.24. The number of likely N-dealkylation sites (tertiary alicyclic amines) is 1. The first-order valence-electron chi connectivity index (χ1n) is 8.18. The quantitative estimate of drug-likeness (QED) is 0.788. The molecule has 1 aromatic carbocycles. The van der Waals surface area contributed by atoms with E-state index >= 15 is 0 Å². The summed E-state index contributed by atoms with van der Waals surface area (Å²) in [5.41, 5.74) is 1.89. The number of carbonyl (C=O) groups is 2. The third-order valence-electron chi connectivity index (χ3n) is 5.58. The summed E-state index contributed by atoms with van der Waals surface area (Å²) in [6.45, 7) is 3.25. The van der Waals surface area contributed by atoms with E-state index in [1.54, 1.807) is 0 Å². The van der Waals surface area contributed by atoms with Crippen molar-refractivity contribution in [2.24, 2.45) is 5.92 Å². The van der Waals surface area contributed by atoms with Gasteiger partial charge in [-0.05, 0) is 43.2 Å². The molecule has 0 N–H and O–H groups in total. The molecule has 0 unspecified atom stereocenters. The van der Waals surface area contributed by atoms with Crippen molar-refractivity contribution in [1.29, 1.82) is 0 Å². The molecule has 4 rings (SSSR count). The Bertz CT molecular complexity index is 637. The molecular formula is C18H21NO3. The molecule has 0 radical (unpaired) electrons. The van der Waals surface area contributed by atoms with Gasteiger partial charge in [-0.15, -0.1) is 0 Å². The van der Waals surface area contributed by atoms with Crippen LogP contribution in [0, 0.1) is 12.8 Å². The SMILES string of the molecule is Cc1ccccc1[C@@H]1C[C@@H]1C(=O)N1CCC[C@@]12CCOC2=O. The fraction of sp³-hybridized carbons (Fsp3) is 0.556. The van der Waals surface area contributed by atoms with Crippen LogP contribution in [0.25, 0.3) is 0 Å². The Kier molecular flexibility index (Phi) is 3.03. The maximum atomic E-state index is 12.9. The first kappa shape index (κ1) is 13.8. The zero-order chi connectivity index (χ0) is 15.3. The van der Waals surface area contributed by atoms with Crippen LogP contribution < -0.4 is 0 Å². The van der Waals surface area contributed by atoms with Gasteiger partial charge in [0.15, 0.2) is 0 Å². The Morgan fingerprint density at radius 3 is 2.86 bits per heavy atom. The number of rotatable bonds is 2. The molecule has 0 aromatic heterocycles. The number of nitrogens with zero attached hydrogens (tertiary/aromatic N) is 1. The molecule has 1 aliphatic carbocycles. The molecular weight excluding hydrogens is 278 g/mol. The van der Waals surface area contributed by atoms with Gasteiger partial charge in [0, 0.05) is 18.9 Å². The van der Waals surface area contributed by atoms with Crippen LogP contribution in [-0.4, -0.2) is 35.5 Å². The van der Waals surface area contributed by atoms with Crippen LogP contribution in [0.15, 0.2) is 24.3 Å². The summed E-state index contributed by atoms with van der Waals surface area (Å²) >= 11 is 0. The average Bonchev–Trinajstić information content (AvgIpc) is 3.06. The van der Waals surface area contributed by atoms with Gasteiger partial charge in [0.1, 0.15) is 5.54 Å². The fourth-order valence-electron chi connectivity index (χ4n) is 4.24. The number of aryl methyl sites for hydroxylation is 1. The molecule has 2 saturated heterocycles. The van der Waals surface area contributed by atoms with Crippen molar-refractivity contribution in [2.75, 3.05) is 13.2 Å². The lowest BCUT2D eigenvalue weighted by Crippen LogP contribution is -2.51. The van der Waals surface area contributed by atoms with Crippen LogP contribution in [0.3, 0.4) is 0 Å². The Morgan fingerprint density at radius 1 is 1.32 bits per heavy atom. The molecule has 3 aliphatic rings. The highest BCUT2D eigenvalue weighted by Gasteiger charge is 2.57. The van der Waals surface area contributed by atoms with Crippen LogP contribution >= 0.6 is 0 Å². The Balaban J connectivity index is 1.54. The summed E-state index contributed by atoms with van der Waals surface area (Å²) < 4.78 is 5.17. The number of hydrogen-bond acceptors (Lipinski definition) is 3. The second kappa shape index (κ2) is 4.83. The second-order valence-electron chi connectivity index (χ2n) is 6.82. The Morgan fingerprint density at radius 2 is 2.14 bits per heavy atom. The molecule has 22 heavy (non-hydrogen) atoms. The lowest BCUT2D eigenvalue weighted by molar-refractivity contribution is -0.153. The number of esters is 1. The van der Waals surface area contributed by atoms with E-state index in [2.05, 4.69) is 19.1 Å². The van der Waals surface area contributed by atoms with Gasteiger partial charge in [0.25, 0.3) is 0 Å². The topological polar surface area (TPSA) is 46.6 Å². The minimum absolute atomic E-state index is 0.0458. The van der Waals surface area contributed by atoms with Gasteiger partial charge in [0.2, 0.25) is 5.91 Å². The number of benzene rings is 1. The minimum atomic E-state index is -0.643. The molecule has 3 fully saturated rings. The smallest absolute Gasteiger partial charge is 0.332 e. The third kappa shape index (κ3) is 1.89. The van der Waals surface area contributed by atoms with Crippen LogP contribution in [-0.2, 0) is 14.3 Å². The van der Waals surface area contributed by atoms with E-state index in [1.807, 2.05) is 17.0 Å². The van der Waals surface area contributed by atoms with Crippen molar-refractivity contribution in [3.05, 3.63) is 35.4 Å². The maximum Gasteiger partial charge on any atom is 0.332 e. The van der Waals surface area contributed by atoms with Gasteiger partial charge >= 0.3 is 5.97 Å². The zero-order valence-corrected chi connectivity index (χ0v) is 12.9. The highest BCUT2D eigenvalue weighted by atomic mass is 16.5. The normalized spacial score (nSPS) is 33.3. The van der Waals surface area contributed by atoms with Crippen molar-refractivity contribution in [2.45, 2.75) is 44.1 Å². The van der Waals surface area contributed by atoms with Crippen molar-refractivity contribution in [1.82, 2.24) is 4.90 Å². The molecule has 2 heterocycles. The summed E-state index contributed by atoms with van der Waals surface area (Å²) in [5, 5.41) is 0. The van der Waals surface area contributed by atoms with Crippen LogP contribution in [0.1, 0.15) is 42.7 Å². The van der Waals surface area contributed by atoms with E-state index in [4.69, 9.17) is 4.74 Å². The number of ether oxygens (including phenoxy) is 1. The molecule has 0 bridgehead atoms. The van der Waals surface area contributed by atoms with Crippen LogP contribution in [0.2, 0.25) is 0 Å². The highest BCUT2D eigenvalue weighted by Crippen LogP contribution is 2.51. The van der Waals surface area contributed by atoms with Crippen LogP contribution in [0.4, 0.5) is 0 Å². The van der Waals surface area contributed by atoms with Crippen molar-refractivity contribution in [3.63, 3.8) is 0 Å². The molecule has 116 valence electrons. The number of amides is 1. The first-order chi connectivity index (χ1) is 10.6. The molecule has 4 nitrogen and oxygen atoms in total. The lowest BCUT2D eigenvalue weighted by atomic mass is 9.94. The van der Waals surface area contributed by atoms with E-state index in [0.29, 0.717) is 25.5 Å². The van der Waals surface area contributed by atoms with Gasteiger partial charge in [-0.3, -0.25) is 4.79 Å². The van der Waals surface area contributed by atoms with Gasteiger partial charge < -0.3 is 9.64 Å². The van der Waals surface area contributed by atoms with E-state index in [1.165, 1.54) is 11.1 Å². The van der Waals surface area contributed by atoms with E-state index in [0.717, 1.165) is 19.3 Å². The summed E-state index contributed by atoms with van der Waals surface area (Å²) in [7, 11) is 0. The van der Waals surface area contributed by atoms with Gasteiger partial charge in [0.05, 0.1) is 6.61 Å². The number of carbonyl (C=O) groups excluding carboxylic acids is 2. The van der Waals surface area contributed by atoms with E-state index in [9.17, 15) is 9.59 Å². The standard InChI is InChI=1S/C18H21NO3/c1-12-5-2-3-6-13(12)14-11-15(14)16(20)19-9-4-7-18(19)8-10-22-17(18)21/h2-3,5-6,14-15H,4,7-11H2,1H3/t14-,15-,18-/m0/s1. The fourth-order valence-corrected chi connectivity index (χ4v) is 4.24. The van der Waals surface area contributed by atoms with Gasteiger partial charge in [-0.2, -0.15) is 0 Å². The van der Waals surface area contributed by atoms with Gasteiger partial charge in [-0.1, -0.05) is 24.3 Å². The Hall–Kier alpha value is -1.84. The number of hydrogen-bond donors (Lipinski definition) is 0. The average molecular weight is 299 g/mol.